The first-order valence-corrected chi connectivity index (χ1v) is 3.37. The van der Waals surface area contributed by atoms with E-state index in [0.29, 0.717) is 0 Å². The molecule has 0 aromatic carbocycles. The number of hydrogen-bond acceptors (Lipinski definition) is 1. The number of hydrogen-bond donors (Lipinski definition) is 1. The summed E-state index contributed by atoms with van der Waals surface area (Å²) in [4.78, 5) is 0. The molecule has 44 valence electrons. The van der Waals surface area contributed by atoms with E-state index in [1.54, 1.807) is 5.57 Å². The van der Waals surface area contributed by atoms with Gasteiger partial charge in [-0.25, -0.2) is 0 Å². The maximum absolute atomic E-state index is 3.39. The summed E-state index contributed by atoms with van der Waals surface area (Å²) in [6.07, 6.45) is 2.61. The summed E-state index contributed by atoms with van der Waals surface area (Å²) in [5.41, 5.74) is 3.25. The molecule has 1 N–H and O–H groups in total. The molecule has 1 unspecified atom stereocenters. The van der Waals surface area contributed by atoms with Gasteiger partial charge in [-0.1, -0.05) is 6.92 Å². The van der Waals surface area contributed by atoms with Crippen LogP contribution in [0, 0.1) is 5.92 Å². The monoisotopic (exact) mass is 109 g/mol. The van der Waals surface area contributed by atoms with Crippen LogP contribution in [-0.2, 0) is 0 Å². The summed E-state index contributed by atoms with van der Waals surface area (Å²) >= 11 is 0. The second kappa shape index (κ2) is 1.28. The van der Waals surface area contributed by atoms with Gasteiger partial charge in [0.25, 0.3) is 0 Å². The average Bonchev–Trinajstić information content (AvgIpc) is 2.46. The predicted octanol–water partition coefficient (Wildman–Crippen LogP) is 1.27. The fourth-order valence-corrected chi connectivity index (χ4v) is 1.48. The third-order valence-corrected chi connectivity index (χ3v) is 2.10. The van der Waals surface area contributed by atoms with Crippen molar-refractivity contribution in [3.8, 4) is 0 Å². The Kier molecular flexibility index (Phi) is 0.706. The molecule has 8 heavy (non-hydrogen) atoms. The van der Waals surface area contributed by atoms with E-state index in [-0.39, 0.29) is 0 Å². The van der Waals surface area contributed by atoms with Gasteiger partial charge >= 0.3 is 0 Å². The molecule has 1 nitrogen and oxygen atoms in total. The van der Waals surface area contributed by atoms with Gasteiger partial charge in [0.2, 0.25) is 0 Å². The minimum absolute atomic E-state index is 0.963. The Morgan fingerprint density at radius 1 is 1.75 bits per heavy atom. The minimum Gasteiger partial charge on any atom is -0.388 e. The summed E-state index contributed by atoms with van der Waals surface area (Å²) in [5, 5.41) is 3.39. The molecular formula is C7H11N. The van der Waals surface area contributed by atoms with Crippen molar-refractivity contribution in [2.45, 2.75) is 19.8 Å². The Morgan fingerprint density at radius 2 is 2.62 bits per heavy atom. The summed E-state index contributed by atoms with van der Waals surface area (Å²) < 4.78 is 0. The van der Waals surface area contributed by atoms with Crippen molar-refractivity contribution in [1.82, 2.24) is 5.32 Å². The molecule has 1 heterocycles. The van der Waals surface area contributed by atoms with Crippen molar-refractivity contribution in [2.75, 3.05) is 6.54 Å². The van der Waals surface area contributed by atoms with Gasteiger partial charge in [0.05, 0.1) is 0 Å². The summed E-state index contributed by atoms with van der Waals surface area (Å²) in [7, 11) is 0. The van der Waals surface area contributed by atoms with Crippen molar-refractivity contribution >= 4 is 0 Å². The maximum Gasteiger partial charge on any atom is 0.0213 e. The van der Waals surface area contributed by atoms with Crippen LogP contribution in [0.15, 0.2) is 11.3 Å². The third-order valence-electron chi connectivity index (χ3n) is 2.10. The molecule has 0 aromatic rings. The summed E-state index contributed by atoms with van der Waals surface area (Å²) in [6, 6.07) is 0. The molecule has 0 saturated heterocycles. The lowest BCUT2D eigenvalue weighted by Gasteiger charge is -1.99. The van der Waals surface area contributed by atoms with E-state index in [9.17, 15) is 0 Å². The van der Waals surface area contributed by atoms with E-state index >= 15 is 0 Å². The molecule has 1 aliphatic heterocycles. The Balaban J connectivity index is 2.21. The molecular weight excluding hydrogens is 98.1 g/mol. The molecule has 0 aromatic heterocycles. The average molecular weight is 109 g/mol. The van der Waals surface area contributed by atoms with Crippen molar-refractivity contribution in [3.63, 3.8) is 0 Å². The normalized spacial score (nSPS) is 32.4. The van der Waals surface area contributed by atoms with E-state index in [1.807, 2.05) is 0 Å². The van der Waals surface area contributed by atoms with Gasteiger partial charge in [-0.05, 0) is 18.4 Å². The quantitative estimate of drug-likeness (QED) is 0.534. The summed E-state index contributed by atoms with van der Waals surface area (Å²) in [6.45, 7) is 3.45. The number of nitrogens with one attached hydrogen (secondary N) is 1. The van der Waals surface area contributed by atoms with Gasteiger partial charge in [0.15, 0.2) is 0 Å². The van der Waals surface area contributed by atoms with Crippen LogP contribution < -0.4 is 5.32 Å². The van der Waals surface area contributed by atoms with Crippen LogP contribution in [0.5, 0.6) is 0 Å². The second-order valence-corrected chi connectivity index (χ2v) is 2.64. The first kappa shape index (κ1) is 4.42. The van der Waals surface area contributed by atoms with Gasteiger partial charge in [-0.15, -0.1) is 0 Å². The molecule has 1 atom stereocenters. The van der Waals surface area contributed by atoms with E-state index < -0.39 is 0 Å². The zero-order chi connectivity index (χ0) is 5.56. The Labute approximate surface area is 49.8 Å². The van der Waals surface area contributed by atoms with E-state index in [2.05, 4.69) is 12.2 Å². The van der Waals surface area contributed by atoms with Crippen molar-refractivity contribution in [2.24, 2.45) is 5.92 Å². The molecule has 2 aliphatic rings. The van der Waals surface area contributed by atoms with E-state index in [1.165, 1.54) is 25.1 Å². The number of fused-ring (bicyclic) bond motifs is 1. The standard InChI is InChI=1S/C7H11N/c1-2-7-6-3-5(6)4-8-7/h5,8H,2-4H2,1H3. The van der Waals surface area contributed by atoms with Gasteiger partial charge in [0.1, 0.15) is 0 Å². The topological polar surface area (TPSA) is 12.0 Å². The second-order valence-electron chi connectivity index (χ2n) is 2.64. The fourth-order valence-electron chi connectivity index (χ4n) is 1.48. The van der Waals surface area contributed by atoms with Crippen molar-refractivity contribution in [1.29, 1.82) is 0 Å². The maximum atomic E-state index is 3.39. The highest BCUT2D eigenvalue weighted by Gasteiger charge is 2.36. The fraction of sp³-hybridized carbons (Fsp3) is 0.714. The molecule has 0 bridgehead atoms. The lowest BCUT2D eigenvalue weighted by Crippen LogP contribution is -2.10. The van der Waals surface area contributed by atoms with E-state index in [4.69, 9.17) is 0 Å². The van der Waals surface area contributed by atoms with Crippen LogP contribution >= 0.6 is 0 Å². The van der Waals surface area contributed by atoms with Crippen LogP contribution in [0.2, 0.25) is 0 Å². The molecule has 1 heteroatoms. The molecule has 1 fully saturated rings. The molecule has 2 rings (SSSR count). The summed E-state index contributed by atoms with van der Waals surface area (Å²) in [5.74, 6) is 0.963. The minimum atomic E-state index is 0.963. The lowest BCUT2D eigenvalue weighted by atomic mass is 10.3. The van der Waals surface area contributed by atoms with Crippen LogP contribution in [0.4, 0.5) is 0 Å². The molecule has 1 aliphatic carbocycles. The highest BCUT2D eigenvalue weighted by molar-refractivity contribution is 5.34. The van der Waals surface area contributed by atoms with Crippen LogP contribution in [0.1, 0.15) is 19.8 Å². The molecule has 0 spiro atoms. The van der Waals surface area contributed by atoms with Crippen molar-refractivity contribution < 1.29 is 0 Å². The lowest BCUT2D eigenvalue weighted by molar-refractivity contribution is 0.749. The van der Waals surface area contributed by atoms with Crippen molar-refractivity contribution in [3.05, 3.63) is 11.3 Å². The zero-order valence-electron chi connectivity index (χ0n) is 5.20. The Bertz CT molecular complexity index is 146. The molecule has 1 saturated carbocycles. The predicted molar refractivity (Wildman–Crippen MR) is 33.4 cm³/mol. The SMILES string of the molecule is CCC1=C2CC2CN1. The van der Waals surface area contributed by atoms with Crippen LogP contribution in [-0.4, -0.2) is 6.54 Å². The highest BCUT2D eigenvalue weighted by atomic mass is 14.9. The first-order chi connectivity index (χ1) is 3.92. The molecule has 0 amide bonds. The Hall–Kier alpha value is -0.460. The number of allylic oxidation sites excluding steroid dienone is 1. The van der Waals surface area contributed by atoms with E-state index in [0.717, 1.165) is 5.92 Å². The van der Waals surface area contributed by atoms with Crippen LogP contribution in [0.3, 0.4) is 0 Å². The van der Waals surface area contributed by atoms with Gasteiger partial charge < -0.3 is 5.32 Å². The molecule has 0 radical (unpaired) electrons. The smallest absolute Gasteiger partial charge is 0.0213 e. The number of rotatable bonds is 1. The van der Waals surface area contributed by atoms with Gasteiger partial charge in [0, 0.05) is 18.2 Å². The zero-order valence-corrected chi connectivity index (χ0v) is 5.20. The van der Waals surface area contributed by atoms with Crippen LogP contribution in [0.25, 0.3) is 0 Å². The first-order valence-electron chi connectivity index (χ1n) is 3.37. The largest absolute Gasteiger partial charge is 0.388 e. The third kappa shape index (κ3) is 0.417. The highest BCUT2D eigenvalue weighted by Crippen LogP contribution is 2.43. The van der Waals surface area contributed by atoms with Gasteiger partial charge in [-0.3, -0.25) is 0 Å². The van der Waals surface area contributed by atoms with Gasteiger partial charge in [-0.2, -0.15) is 0 Å². The Morgan fingerprint density at radius 3 is 2.88 bits per heavy atom.